The number of amides is 2. The number of nitrogens with zero attached hydrogens (tertiary/aromatic N) is 1. The number of thiazole rings is 1. The van der Waals surface area contributed by atoms with Gasteiger partial charge < -0.3 is 15.2 Å². The number of nitrogens with one attached hydrogen (secondary N) is 2. The van der Waals surface area contributed by atoms with Crippen molar-refractivity contribution in [3.63, 3.8) is 0 Å². The summed E-state index contributed by atoms with van der Waals surface area (Å²) in [6.07, 6.45) is 0.210. The van der Waals surface area contributed by atoms with Crippen molar-refractivity contribution < 1.29 is 9.59 Å². The first-order chi connectivity index (χ1) is 10.5. The van der Waals surface area contributed by atoms with E-state index >= 15 is 0 Å². The molecule has 1 heterocycles. The van der Waals surface area contributed by atoms with Crippen molar-refractivity contribution in [1.29, 1.82) is 0 Å². The molecule has 0 fully saturated rings. The van der Waals surface area contributed by atoms with E-state index in [0.717, 1.165) is 17.0 Å². The molecule has 22 heavy (non-hydrogen) atoms. The Kier molecular flexibility index (Phi) is 5.11. The summed E-state index contributed by atoms with van der Waals surface area (Å²) in [7, 11) is 0. The van der Waals surface area contributed by atoms with Crippen LogP contribution < -0.4 is 15.5 Å². The van der Waals surface area contributed by atoms with Gasteiger partial charge in [-0.3, -0.25) is 14.4 Å². The van der Waals surface area contributed by atoms with Crippen molar-refractivity contribution in [1.82, 2.24) is 4.57 Å². The highest BCUT2D eigenvalue weighted by Crippen LogP contribution is 2.15. The number of hydrogen-bond donors (Lipinski definition) is 2. The fourth-order valence-electron chi connectivity index (χ4n) is 1.99. The minimum absolute atomic E-state index is 0.0574. The molecule has 1 aromatic carbocycles. The second kappa shape index (κ2) is 7.04. The van der Waals surface area contributed by atoms with E-state index in [2.05, 4.69) is 10.6 Å². The summed E-state index contributed by atoms with van der Waals surface area (Å²) in [5, 5.41) is 7.18. The van der Waals surface area contributed by atoms with Gasteiger partial charge in [0.2, 0.25) is 11.8 Å². The van der Waals surface area contributed by atoms with E-state index in [1.165, 1.54) is 6.92 Å². The number of carbonyl (C=O) groups excluding carboxylic acids is 2. The highest BCUT2D eigenvalue weighted by atomic mass is 32.1. The van der Waals surface area contributed by atoms with Gasteiger partial charge in [-0.15, -0.1) is 0 Å². The molecule has 116 valence electrons. The quantitative estimate of drug-likeness (QED) is 0.886. The number of benzene rings is 1. The lowest BCUT2D eigenvalue weighted by Gasteiger charge is -2.08. The largest absolute Gasteiger partial charge is 0.326 e. The first-order valence-corrected chi connectivity index (χ1v) is 7.66. The van der Waals surface area contributed by atoms with Crippen LogP contribution in [0.2, 0.25) is 0 Å². The molecule has 2 amide bonds. The molecule has 0 saturated heterocycles. The van der Waals surface area contributed by atoms with E-state index in [1.807, 2.05) is 6.92 Å². The number of hydrogen-bond acceptors (Lipinski definition) is 4. The van der Waals surface area contributed by atoms with Gasteiger partial charge in [0.1, 0.15) is 0 Å². The van der Waals surface area contributed by atoms with E-state index in [1.54, 1.807) is 34.2 Å². The summed E-state index contributed by atoms with van der Waals surface area (Å²) in [4.78, 5) is 34.5. The van der Waals surface area contributed by atoms with E-state index in [-0.39, 0.29) is 23.1 Å². The monoisotopic (exact) mass is 319 g/mol. The summed E-state index contributed by atoms with van der Waals surface area (Å²) in [6, 6.07) is 6.91. The summed E-state index contributed by atoms with van der Waals surface area (Å²) in [5.41, 5.74) is 2.08. The molecule has 0 unspecified atom stereocenters. The zero-order chi connectivity index (χ0) is 16.1. The fourth-order valence-corrected chi connectivity index (χ4v) is 2.75. The minimum Gasteiger partial charge on any atom is -0.326 e. The zero-order valence-electron chi connectivity index (χ0n) is 12.4. The van der Waals surface area contributed by atoms with Gasteiger partial charge >= 0.3 is 4.87 Å². The molecule has 2 rings (SSSR count). The normalized spacial score (nSPS) is 10.3. The van der Waals surface area contributed by atoms with Gasteiger partial charge in [-0.25, -0.2) is 0 Å². The summed E-state index contributed by atoms with van der Waals surface area (Å²) < 4.78 is 1.58. The molecular formula is C15H17N3O3S. The number of carbonyl (C=O) groups is 2. The molecule has 0 bridgehead atoms. The minimum atomic E-state index is -0.183. The maximum atomic E-state index is 12.0. The number of aryl methyl sites for hydroxylation is 1. The Labute approximate surface area is 131 Å². The van der Waals surface area contributed by atoms with Crippen LogP contribution in [0.25, 0.3) is 0 Å². The van der Waals surface area contributed by atoms with Gasteiger partial charge in [0.05, 0.1) is 0 Å². The fraction of sp³-hybridized carbons (Fsp3) is 0.267. The van der Waals surface area contributed by atoms with Gasteiger partial charge in [0, 0.05) is 42.3 Å². The van der Waals surface area contributed by atoms with E-state index in [9.17, 15) is 14.4 Å². The molecule has 7 heteroatoms. The maximum Gasteiger partial charge on any atom is 0.307 e. The third-order valence-corrected chi connectivity index (χ3v) is 3.89. The first-order valence-electron chi connectivity index (χ1n) is 6.78. The van der Waals surface area contributed by atoms with Crippen LogP contribution in [0.4, 0.5) is 11.4 Å². The maximum absolute atomic E-state index is 12.0. The average molecular weight is 319 g/mol. The van der Waals surface area contributed by atoms with Crippen molar-refractivity contribution in [2.24, 2.45) is 0 Å². The summed E-state index contributed by atoms with van der Waals surface area (Å²) in [6.45, 7) is 3.62. The van der Waals surface area contributed by atoms with Crippen LogP contribution in [0.15, 0.2) is 34.4 Å². The predicted molar refractivity (Wildman–Crippen MR) is 87.3 cm³/mol. The van der Waals surface area contributed by atoms with Gasteiger partial charge in [-0.1, -0.05) is 17.4 Å². The van der Waals surface area contributed by atoms with Gasteiger partial charge in [-0.05, 0) is 25.1 Å². The molecule has 6 nitrogen and oxygen atoms in total. The van der Waals surface area contributed by atoms with E-state index < -0.39 is 0 Å². The Bertz CT molecular complexity index is 748. The standard InChI is InChI=1S/C15H17N3O3S/c1-10-9-22-15(21)18(10)7-6-14(20)17-13-5-3-4-12(8-13)16-11(2)19/h3-5,8-9H,6-7H2,1-2H3,(H,16,19)(H,17,20). The smallest absolute Gasteiger partial charge is 0.307 e. The van der Waals surface area contributed by atoms with Crippen LogP contribution in [0.1, 0.15) is 19.0 Å². The number of rotatable bonds is 5. The van der Waals surface area contributed by atoms with Crippen molar-refractivity contribution in [2.45, 2.75) is 26.8 Å². The Morgan fingerprint density at radius 1 is 1.23 bits per heavy atom. The van der Waals surface area contributed by atoms with Crippen molar-refractivity contribution in [3.8, 4) is 0 Å². The van der Waals surface area contributed by atoms with E-state index in [0.29, 0.717) is 17.9 Å². The molecule has 1 aromatic heterocycles. The van der Waals surface area contributed by atoms with Gasteiger partial charge in [0.25, 0.3) is 0 Å². The Morgan fingerprint density at radius 2 is 1.91 bits per heavy atom. The molecule has 0 aliphatic rings. The van der Waals surface area contributed by atoms with Crippen molar-refractivity contribution >= 4 is 34.5 Å². The first kappa shape index (κ1) is 16.0. The molecule has 0 spiro atoms. The van der Waals surface area contributed by atoms with Crippen molar-refractivity contribution in [3.05, 3.63) is 45.0 Å². The second-order valence-corrected chi connectivity index (χ2v) is 5.68. The van der Waals surface area contributed by atoms with Gasteiger partial charge in [0.15, 0.2) is 0 Å². The molecule has 0 aliphatic heterocycles. The molecule has 0 saturated carbocycles. The highest BCUT2D eigenvalue weighted by Gasteiger charge is 2.07. The molecule has 0 atom stereocenters. The summed E-state index contributed by atoms with van der Waals surface area (Å²) in [5.74, 6) is -0.353. The van der Waals surface area contributed by atoms with Gasteiger partial charge in [-0.2, -0.15) is 0 Å². The Balaban J connectivity index is 1.95. The number of aromatic nitrogens is 1. The molecule has 0 radical (unpaired) electrons. The zero-order valence-corrected chi connectivity index (χ0v) is 13.2. The van der Waals surface area contributed by atoms with Crippen LogP contribution in [0.3, 0.4) is 0 Å². The average Bonchev–Trinajstić information content (AvgIpc) is 2.75. The third-order valence-electron chi connectivity index (χ3n) is 3.01. The Hall–Kier alpha value is -2.41. The Morgan fingerprint density at radius 3 is 2.50 bits per heavy atom. The van der Waals surface area contributed by atoms with Crippen LogP contribution in [-0.4, -0.2) is 16.4 Å². The topological polar surface area (TPSA) is 80.2 Å². The van der Waals surface area contributed by atoms with Crippen LogP contribution in [0, 0.1) is 6.92 Å². The third kappa shape index (κ3) is 4.29. The van der Waals surface area contributed by atoms with Crippen molar-refractivity contribution in [2.75, 3.05) is 10.6 Å². The lowest BCUT2D eigenvalue weighted by atomic mass is 10.2. The predicted octanol–water partition coefficient (Wildman–Crippen LogP) is 2.21. The lowest BCUT2D eigenvalue weighted by Crippen LogP contribution is -2.20. The van der Waals surface area contributed by atoms with Crippen LogP contribution in [0.5, 0.6) is 0 Å². The lowest BCUT2D eigenvalue weighted by molar-refractivity contribution is -0.116. The molecule has 0 aliphatic carbocycles. The molecule has 2 aromatic rings. The summed E-state index contributed by atoms with van der Waals surface area (Å²) >= 11 is 1.13. The highest BCUT2D eigenvalue weighted by molar-refractivity contribution is 7.07. The number of anilines is 2. The SMILES string of the molecule is CC(=O)Nc1cccc(NC(=O)CCn2c(C)csc2=O)c1. The second-order valence-electron chi connectivity index (χ2n) is 4.85. The molecular weight excluding hydrogens is 302 g/mol. The van der Waals surface area contributed by atoms with Crippen LogP contribution >= 0.6 is 11.3 Å². The molecule has 2 N–H and O–H groups in total. The van der Waals surface area contributed by atoms with Crippen LogP contribution in [-0.2, 0) is 16.1 Å². The van der Waals surface area contributed by atoms with E-state index in [4.69, 9.17) is 0 Å².